The van der Waals surface area contributed by atoms with E-state index in [1.807, 2.05) is 0 Å². The summed E-state index contributed by atoms with van der Waals surface area (Å²) in [6.45, 7) is 3.46. The molecule has 1 atom stereocenters. The first kappa shape index (κ1) is 12.0. The summed E-state index contributed by atoms with van der Waals surface area (Å²) in [7, 11) is 1.64. The lowest BCUT2D eigenvalue weighted by atomic mass is 10.0. The molecule has 15 heavy (non-hydrogen) atoms. The SMILES string of the molecule is CN(C(=O)C1CCC(=O)N1)C(C)(C)CO. The molecule has 1 rings (SSSR count). The van der Waals surface area contributed by atoms with Gasteiger partial charge in [-0.15, -0.1) is 0 Å². The van der Waals surface area contributed by atoms with Gasteiger partial charge in [0.05, 0.1) is 12.1 Å². The molecule has 1 heterocycles. The van der Waals surface area contributed by atoms with Gasteiger partial charge in [-0.2, -0.15) is 0 Å². The van der Waals surface area contributed by atoms with Crippen molar-refractivity contribution in [3.63, 3.8) is 0 Å². The van der Waals surface area contributed by atoms with Crippen LogP contribution < -0.4 is 5.32 Å². The molecule has 0 aromatic carbocycles. The summed E-state index contributed by atoms with van der Waals surface area (Å²) >= 11 is 0. The number of hydrogen-bond donors (Lipinski definition) is 2. The molecule has 0 aromatic rings. The lowest BCUT2D eigenvalue weighted by Gasteiger charge is -2.35. The highest BCUT2D eigenvalue weighted by atomic mass is 16.3. The minimum absolute atomic E-state index is 0.0800. The smallest absolute Gasteiger partial charge is 0.245 e. The Kier molecular flexibility index (Phi) is 3.34. The maximum Gasteiger partial charge on any atom is 0.245 e. The van der Waals surface area contributed by atoms with E-state index in [1.54, 1.807) is 20.9 Å². The Morgan fingerprint density at radius 2 is 2.27 bits per heavy atom. The van der Waals surface area contributed by atoms with Crippen LogP contribution in [0.3, 0.4) is 0 Å². The Morgan fingerprint density at radius 1 is 1.67 bits per heavy atom. The molecule has 0 bridgehead atoms. The number of rotatable bonds is 3. The number of likely N-dealkylation sites (N-methyl/N-ethyl adjacent to an activating group) is 1. The fraction of sp³-hybridized carbons (Fsp3) is 0.800. The monoisotopic (exact) mass is 214 g/mol. The van der Waals surface area contributed by atoms with Gasteiger partial charge in [0.1, 0.15) is 6.04 Å². The van der Waals surface area contributed by atoms with E-state index in [2.05, 4.69) is 5.32 Å². The standard InChI is InChI=1S/C10H18N2O3/c1-10(2,6-13)12(3)9(15)7-4-5-8(14)11-7/h7,13H,4-6H2,1-3H3,(H,11,14). The summed E-state index contributed by atoms with van der Waals surface area (Å²) in [6.07, 6.45) is 0.952. The van der Waals surface area contributed by atoms with Crippen molar-refractivity contribution in [3.05, 3.63) is 0 Å². The van der Waals surface area contributed by atoms with Crippen molar-refractivity contribution in [2.45, 2.75) is 38.3 Å². The van der Waals surface area contributed by atoms with E-state index < -0.39 is 11.6 Å². The predicted molar refractivity (Wildman–Crippen MR) is 55.1 cm³/mol. The van der Waals surface area contributed by atoms with Gasteiger partial charge in [-0.1, -0.05) is 0 Å². The molecule has 0 radical (unpaired) electrons. The second kappa shape index (κ2) is 4.18. The van der Waals surface area contributed by atoms with Crippen LogP contribution in [-0.2, 0) is 9.59 Å². The van der Waals surface area contributed by atoms with Crippen LogP contribution in [0, 0.1) is 0 Å². The molecule has 2 N–H and O–H groups in total. The summed E-state index contributed by atoms with van der Waals surface area (Å²) in [5.74, 6) is -0.219. The van der Waals surface area contributed by atoms with E-state index in [-0.39, 0.29) is 18.4 Å². The van der Waals surface area contributed by atoms with Gasteiger partial charge in [0.25, 0.3) is 0 Å². The quantitative estimate of drug-likeness (QED) is 0.665. The molecule has 0 aliphatic carbocycles. The van der Waals surface area contributed by atoms with Gasteiger partial charge < -0.3 is 15.3 Å². The first-order valence-corrected chi connectivity index (χ1v) is 5.06. The van der Waals surface area contributed by atoms with Crippen molar-refractivity contribution in [1.29, 1.82) is 0 Å². The molecule has 2 amide bonds. The number of aliphatic hydroxyl groups excluding tert-OH is 1. The summed E-state index contributed by atoms with van der Waals surface area (Å²) < 4.78 is 0. The van der Waals surface area contributed by atoms with Gasteiger partial charge in [0.2, 0.25) is 11.8 Å². The second-order valence-corrected chi connectivity index (χ2v) is 4.53. The van der Waals surface area contributed by atoms with E-state index in [4.69, 9.17) is 5.11 Å². The van der Waals surface area contributed by atoms with E-state index in [0.29, 0.717) is 12.8 Å². The average molecular weight is 214 g/mol. The number of carbonyl (C=O) groups is 2. The van der Waals surface area contributed by atoms with Crippen LogP contribution in [0.25, 0.3) is 0 Å². The number of nitrogens with one attached hydrogen (secondary N) is 1. The van der Waals surface area contributed by atoms with E-state index in [1.165, 1.54) is 4.90 Å². The molecule has 1 unspecified atom stereocenters. The molecular weight excluding hydrogens is 196 g/mol. The Balaban J connectivity index is 2.64. The number of aliphatic hydroxyl groups is 1. The maximum atomic E-state index is 11.9. The topological polar surface area (TPSA) is 69.6 Å². The largest absolute Gasteiger partial charge is 0.394 e. The summed E-state index contributed by atoms with van der Waals surface area (Å²) in [4.78, 5) is 24.4. The Hall–Kier alpha value is -1.10. The van der Waals surface area contributed by atoms with Crippen LogP contribution in [-0.4, -0.2) is 47.1 Å². The van der Waals surface area contributed by atoms with Crippen molar-refractivity contribution in [1.82, 2.24) is 10.2 Å². The maximum absolute atomic E-state index is 11.9. The van der Waals surface area contributed by atoms with Crippen molar-refractivity contribution in [3.8, 4) is 0 Å². The Labute approximate surface area is 89.4 Å². The zero-order valence-corrected chi connectivity index (χ0v) is 9.41. The van der Waals surface area contributed by atoms with Gasteiger partial charge in [-0.05, 0) is 20.3 Å². The van der Waals surface area contributed by atoms with Gasteiger partial charge in [-0.3, -0.25) is 9.59 Å². The summed E-state index contributed by atoms with van der Waals surface area (Å²) in [5, 5.41) is 11.7. The zero-order valence-electron chi connectivity index (χ0n) is 9.41. The van der Waals surface area contributed by atoms with Gasteiger partial charge in [-0.25, -0.2) is 0 Å². The Morgan fingerprint density at radius 3 is 2.67 bits per heavy atom. The highest BCUT2D eigenvalue weighted by Crippen LogP contribution is 2.16. The lowest BCUT2D eigenvalue weighted by Crippen LogP contribution is -2.53. The molecule has 1 saturated heterocycles. The minimum atomic E-state index is -0.593. The fourth-order valence-corrected chi connectivity index (χ4v) is 1.44. The first-order chi connectivity index (χ1) is 6.88. The highest BCUT2D eigenvalue weighted by molar-refractivity contribution is 5.91. The molecule has 0 spiro atoms. The first-order valence-electron chi connectivity index (χ1n) is 5.06. The molecule has 0 saturated carbocycles. The molecule has 5 heteroatoms. The molecule has 5 nitrogen and oxygen atoms in total. The normalized spacial score (nSPS) is 21.3. The fourth-order valence-electron chi connectivity index (χ4n) is 1.44. The molecule has 86 valence electrons. The van der Waals surface area contributed by atoms with E-state index >= 15 is 0 Å². The molecule has 1 aliphatic heterocycles. The zero-order chi connectivity index (χ0) is 11.6. The average Bonchev–Trinajstić information content (AvgIpc) is 2.62. The number of hydrogen-bond acceptors (Lipinski definition) is 3. The Bertz CT molecular complexity index is 276. The predicted octanol–water partition coefficient (Wildman–Crippen LogP) is -0.506. The van der Waals surface area contributed by atoms with Crippen molar-refractivity contribution in [2.24, 2.45) is 0 Å². The van der Waals surface area contributed by atoms with Crippen molar-refractivity contribution < 1.29 is 14.7 Å². The summed E-state index contributed by atoms with van der Waals surface area (Å²) in [6, 6.07) is -0.423. The van der Waals surface area contributed by atoms with Crippen molar-refractivity contribution in [2.75, 3.05) is 13.7 Å². The third-order valence-electron chi connectivity index (χ3n) is 2.92. The van der Waals surface area contributed by atoms with Gasteiger partial charge in [0.15, 0.2) is 0 Å². The summed E-state index contributed by atoms with van der Waals surface area (Å²) in [5.41, 5.74) is -0.593. The van der Waals surface area contributed by atoms with Crippen LogP contribution in [0.5, 0.6) is 0 Å². The van der Waals surface area contributed by atoms with Gasteiger partial charge in [0, 0.05) is 13.5 Å². The van der Waals surface area contributed by atoms with E-state index in [9.17, 15) is 9.59 Å². The third kappa shape index (κ3) is 2.47. The van der Waals surface area contributed by atoms with Crippen LogP contribution in [0.4, 0.5) is 0 Å². The number of nitrogens with zero attached hydrogens (tertiary/aromatic N) is 1. The van der Waals surface area contributed by atoms with Crippen LogP contribution in [0.15, 0.2) is 0 Å². The molecule has 0 aromatic heterocycles. The van der Waals surface area contributed by atoms with Crippen LogP contribution in [0.2, 0.25) is 0 Å². The highest BCUT2D eigenvalue weighted by Gasteiger charge is 2.34. The second-order valence-electron chi connectivity index (χ2n) is 4.53. The van der Waals surface area contributed by atoms with Crippen LogP contribution >= 0.6 is 0 Å². The molecule has 1 aliphatic rings. The molecular formula is C10H18N2O3. The van der Waals surface area contributed by atoms with E-state index in [0.717, 1.165) is 0 Å². The van der Waals surface area contributed by atoms with Gasteiger partial charge >= 0.3 is 0 Å². The van der Waals surface area contributed by atoms with Crippen molar-refractivity contribution >= 4 is 11.8 Å². The number of carbonyl (C=O) groups excluding carboxylic acids is 2. The third-order valence-corrected chi connectivity index (χ3v) is 2.92. The lowest BCUT2D eigenvalue weighted by molar-refractivity contribution is -0.138. The minimum Gasteiger partial charge on any atom is -0.394 e. The number of amides is 2. The molecule has 1 fully saturated rings. The van der Waals surface area contributed by atoms with Crippen LogP contribution in [0.1, 0.15) is 26.7 Å².